The Balaban J connectivity index is 1.43. The molecule has 2 heterocycles. The second-order valence-corrected chi connectivity index (χ2v) is 6.73. The van der Waals surface area contributed by atoms with Gasteiger partial charge >= 0.3 is 11.8 Å². The van der Waals surface area contributed by atoms with Crippen LogP contribution >= 0.6 is 0 Å². The maximum Gasteiger partial charge on any atom is 0.309 e. The van der Waals surface area contributed by atoms with Crippen molar-refractivity contribution in [2.24, 2.45) is 0 Å². The van der Waals surface area contributed by atoms with Crippen LogP contribution in [0.4, 0.5) is 0 Å². The number of benzene rings is 1. The van der Waals surface area contributed by atoms with Gasteiger partial charge in [-0.2, -0.15) is 0 Å². The Morgan fingerprint density at radius 2 is 1.85 bits per heavy atom. The lowest BCUT2D eigenvalue weighted by atomic mass is 9.95. The molecule has 3 rings (SSSR count). The number of hydrogen-bond donors (Lipinski definition) is 3. The van der Waals surface area contributed by atoms with Gasteiger partial charge in [-0.25, -0.2) is 0 Å². The molecular formula is C18H25N3O6. The molecule has 27 heavy (non-hydrogen) atoms. The molecule has 1 aromatic rings. The topological polar surface area (TPSA) is 109 Å². The molecule has 0 bridgehead atoms. The van der Waals surface area contributed by atoms with Crippen molar-refractivity contribution in [2.75, 3.05) is 52.7 Å². The summed E-state index contributed by atoms with van der Waals surface area (Å²) in [6.07, 6.45) is 0. The summed E-state index contributed by atoms with van der Waals surface area (Å²) in [6, 6.07) is 5.06. The van der Waals surface area contributed by atoms with Crippen molar-refractivity contribution < 1.29 is 28.9 Å². The van der Waals surface area contributed by atoms with Gasteiger partial charge in [0.1, 0.15) is 5.60 Å². The van der Waals surface area contributed by atoms with Gasteiger partial charge in [-0.15, -0.1) is 0 Å². The van der Waals surface area contributed by atoms with E-state index in [1.165, 1.54) is 0 Å². The number of morpholine rings is 1. The summed E-state index contributed by atoms with van der Waals surface area (Å²) in [5.41, 5.74) is -0.801. The number of nitrogens with zero attached hydrogens (tertiary/aromatic N) is 1. The summed E-state index contributed by atoms with van der Waals surface area (Å²) >= 11 is 0. The number of carbonyl (C=O) groups is 2. The molecule has 0 radical (unpaired) electrons. The monoisotopic (exact) mass is 379 g/mol. The zero-order valence-electron chi connectivity index (χ0n) is 15.3. The van der Waals surface area contributed by atoms with E-state index >= 15 is 0 Å². The number of hydrogen-bond acceptors (Lipinski definition) is 7. The molecule has 9 heteroatoms. The summed E-state index contributed by atoms with van der Waals surface area (Å²) in [5.74, 6) is -0.346. The zero-order valence-corrected chi connectivity index (χ0v) is 15.3. The van der Waals surface area contributed by atoms with Crippen LogP contribution in [0.15, 0.2) is 18.2 Å². The molecule has 0 saturated carbocycles. The summed E-state index contributed by atoms with van der Waals surface area (Å²) in [5, 5.41) is 15.7. The third kappa shape index (κ3) is 5.09. The molecule has 2 amide bonds. The van der Waals surface area contributed by atoms with Crippen molar-refractivity contribution in [1.82, 2.24) is 15.5 Å². The summed E-state index contributed by atoms with van der Waals surface area (Å²) in [6.45, 7) is 5.64. The molecular weight excluding hydrogens is 354 g/mol. The van der Waals surface area contributed by atoms with Gasteiger partial charge in [0.05, 0.1) is 19.8 Å². The Hall–Kier alpha value is -2.36. The smallest absolute Gasteiger partial charge is 0.309 e. The summed E-state index contributed by atoms with van der Waals surface area (Å²) in [7, 11) is 0. The summed E-state index contributed by atoms with van der Waals surface area (Å²) < 4.78 is 15.8. The highest BCUT2D eigenvalue weighted by atomic mass is 16.7. The average molecular weight is 379 g/mol. The normalized spacial score (nSPS) is 18.6. The quantitative estimate of drug-likeness (QED) is 0.555. The fourth-order valence-corrected chi connectivity index (χ4v) is 2.90. The van der Waals surface area contributed by atoms with Crippen LogP contribution in [0, 0.1) is 0 Å². The third-order valence-electron chi connectivity index (χ3n) is 4.61. The number of fused-ring (bicyclic) bond motifs is 1. The minimum absolute atomic E-state index is 0.109. The van der Waals surface area contributed by atoms with Crippen LogP contribution in [-0.4, -0.2) is 74.6 Å². The maximum absolute atomic E-state index is 12.0. The van der Waals surface area contributed by atoms with E-state index in [0.29, 0.717) is 43.4 Å². The number of amides is 2. The predicted molar refractivity (Wildman–Crippen MR) is 95.4 cm³/mol. The van der Waals surface area contributed by atoms with E-state index in [4.69, 9.17) is 14.2 Å². The van der Waals surface area contributed by atoms with Crippen molar-refractivity contribution in [3.05, 3.63) is 23.8 Å². The van der Waals surface area contributed by atoms with E-state index in [1.54, 1.807) is 25.1 Å². The highest BCUT2D eigenvalue weighted by Crippen LogP contribution is 2.35. The predicted octanol–water partition coefficient (Wildman–Crippen LogP) is -0.813. The number of nitrogens with one attached hydrogen (secondary N) is 2. The maximum atomic E-state index is 12.0. The van der Waals surface area contributed by atoms with Gasteiger partial charge < -0.3 is 30.0 Å². The Morgan fingerprint density at radius 3 is 2.63 bits per heavy atom. The number of rotatable bonds is 6. The van der Waals surface area contributed by atoms with Crippen molar-refractivity contribution in [3.63, 3.8) is 0 Å². The van der Waals surface area contributed by atoms with Crippen LogP contribution in [0.1, 0.15) is 12.5 Å². The van der Waals surface area contributed by atoms with Crippen LogP contribution in [-0.2, 0) is 19.9 Å². The Bertz CT molecular complexity index is 688. The van der Waals surface area contributed by atoms with Crippen LogP contribution < -0.4 is 20.1 Å². The molecule has 1 atom stereocenters. The minimum Gasteiger partial charge on any atom is -0.454 e. The lowest BCUT2D eigenvalue weighted by Crippen LogP contribution is -2.47. The van der Waals surface area contributed by atoms with E-state index in [1.807, 2.05) is 0 Å². The van der Waals surface area contributed by atoms with E-state index in [-0.39, 0.29) is 13.3 Å². The van der Waals surface area contributed by atoms with Gasteiger partial charge in [-0.3, -0.25) is 14.5 Å². The molecule has 1 saturated heterocycles. The largest absolute Gasteiger partial charge is 0.454 e. The first kappa shape index (κ1) is 19.4. The molecule has 1 aromatic carbocycles. The van der Waals surface area contributed by atoms with Gasteiger partial charge in [0.15, 0.2) is 11.5 Å². The molecule has 2 aliphatic heterocycles. The van der Waals surface area contributed by atoms with Gasteiger partial charge in [0, 0.05) is 26.2 Å². The molecule has 148 valence electrons. The van der Waals surface area contributed by atoms with Crippen LogP contribution in [0.5, 0.6) is 11.5 Å². The van der Waals surface area contributed by atoms with Crippen LogP contribution in [0.25, 0.3) is 0 Å². The molecule has 0 spiro atoms. The van der Waals surface area contributed by atoms with Crippen LogP contribution in [0.2, 0.25) is 0 Å². The van der Waals surface area contributed by atoms with Gasteiger partial charge in [0.25, 0.3) is 0 Å². The van der Waals surface area contributed by atoms with Gasteiger partial charge in [0.2, 0.25) is 6.79 Å². The van der Waals surface area contributed by atoms with E-state index < -0.39 is 17.4 Å². The number of carbonyl (C=O) groups excluding carboxylic acids is 2. The van der Waals surface area contributed by atoms with Gasteiger partial charge in [-0.1, -0.05) is 6.07 Å². The first-order chi connectivity index (χ1) is 13.0. The lowest BCUT2D eigenvalue weighted by molar-refractivity contribution is -0.139. The SMILES string of the molecule is CC(O)(CNC(=O)C(=O)NCCN1CCOCC1)c1ccc2c(c1)OCO2. The van der Waals surface area contributed by atoms with Crippen molar-refractivity contribution in [3.8, 4) is 11.5 Å². The Labute approximate surface area is 157 Å². The standard InChI is InChI=1S/C18H25N3O6/c1-18(24,13-2-3-14-15(10-13)27-12-26-14)11-20-17(23)16(22)19-4-5-21-6-8-25-9-7-21/h2-3,10,24H,4-9,11-12H2,1H3,(H,19,22)(H,20,23). The van der Waals surface area contributed by atoms with Gasteiger partial charge in [-0.05, 0) is 24.6 Å². The highest BCUT2D eigenvalue weighted by molar-refractivity contribution is 6.35. The molecule has 3 N–H and O–H groups in total. The highest BCUT2D eigenvalue weighted by Gasteiger charge is 2.27. The molecule has 1 unspecified atom stereocenters. The van der Waals surface area contributed by atoms with E-state index in [2.05, 4.69) is 15.5 Å². The zero-order chi connectivity index (χ0) is 19.3. The lowest BCUT2D eigenvalue weighted by Gasteiger charge is -2.26. The van der Waals surface area contributed by atoms with Crippen LogP contribution in [0.3, 0.4) is 0 Å². The average Bonchev–Trinajstić information content (AvgIpc) is 3.14. The number of ether oxygens (including phenoxy) is 3. The molecule has 0 aromatic heterocycles. The molecule has 1 fully saturated rings. The fraction of sp³-hybridized carbons (Fsp3) is 0.556. The van der Waals surface area contributed by atoms with Crippen molar-refractivity contribution in [2.45, 2.75) is 12.5 Å². The first-order valence-corrected chi connectivity index (χ1v) is 8.94. The number of aliphatic hydroxyl groups is 1. The van der Waals surface area contributed by atoms with Crippen molar-refractivity contribution >= 4 is 11.8 Å². The van der Waals surface area contributed by atoms with Crippen molar-refractivity contribution in [1.29, 1.82) is 0 Å². The summed E-state index contributed by atoms with van der Waals surface area (Å²) in [4.78, 5) is 26.0. The minimum atomic E-state index is -1.36. The second kappa shape index (κ2) is 8.55. The first-order valence-electron chi connectivity index (χ1n) is 8.94. The third-order valence-corrected chi connectivity index (χ3v) is 4.61. The Morgan fingerprint density at radius 1 is 1.15 bits per heavy atom. The van der Waals surface area contributed by atoms with E-state index in [0.717, 1.165) is 13.1 Å². The fourth-order valence-electron chi connectivity index (χ4n) is 2.90. The second-order valence-electron chi connectivity index (χ2n) is 6.73. The van der Waals surface area contributed by atoms with E-state index in [9.17, 15) is 14.7 Å². The molecule has 9 nitrogen and oxygen atoms in total. The molecule has 0 aliphatic carbocycles. The molecule has 2 aliphatic rings. The Kier molecular flexibility index (Phi) is 6.15.